The molecular weight excluding hydrogens is 324 g/mol. The summed E-state index contributed by atoms with van der Waals surface area (Å²) in [6, 6.07) is 8.19. The van der Waals surface area contributed by atoms with Crippen LogP contribution in [0.15, 0.2) is 29.2 Å². The van der Waals surface area contributed by atoms with Crippen LogP contribution in [0.5, 0.6) is 0 Å². The van der Waals surface area contributed by atoms with Crippen molar-refractivity contribution in [1.29, 1.82) is 0 Å². The maximum Gasteiger partial charge on any atom is 0.267 e. The second-order valence-corrected chi connectivity index (χ2v) is 8.14. The van der Waals surface area contributed by atoms with Gasteiger partial charge in [0.15, 0.2) is 0 Å². The van der Waals surface area contributed by atoms with Crippen molar-refractivity contribution < 1.29 is 4.79 Å². The molecule has 2 saturated heterocycles. The Labute approximate surface area is 147 Å². The fourth-order valence-corrected chi connectivity index (χ4v) is 4.08. The Hall–Kier alpha value is -1.17. The van der Waals surface area contributed by atoms with Gasteiger partial charge in [-0.05, 0) is 37.3 Å². The van der Waals surface area contributed by atoms with Crippen LogP contribution in [0.25, 0.3) is 6.08 Å². The first-order valence-electron chi connectivity index (χ1n) is 8.07. The number of carbonyl (C=O) groups excluding carboxylic acids is 1. The smallest absolute Gasteiger partial charge is 0.267 e. The van der Waals surface area contributed by atoms with E-state index in [9.17, 15) is 4.79 Å². The van der Waals surface area contributed by atoms with E-state index in [0.29, 0.717) is 11.0 Å². The van der Waals surface area contributed by atoms with Gasteiger partial charge in [0.1, 0.15) is 4.32 Å². The highest BCUT2D eigenvalue weighted by Gasteiger charge is 2.33. The van der Waals surface area contributed by atoms with Crippen molar-refractivity contribution in [3.63, 3.8) is 0 Å². The van der Waals surface area contributed by atoms with Crippen LogP contribution in [0.2, 0.25) is 0 Å². The highest BCUT2D eigenvalue weighted by Crippen LogP contribution is 2.33. The Bertz CT molecular complexity index is 631. The van der Waals surface area contributed by atoms with E-state index in [1.54, 1.807) is 4.90 Å². The summed E-state index contributed by atoms with van der Waals surface area (Å²) in [6.07, 6.45) is 4.35. The summed E-state index contributed by atoms with van der Waals surface area (Å²) >= 11 is 6.84. The molecule has 23 heavy (non-hydrogen) atoms. The van der Waals surface area contributed by atoms with Gasteiger partial charge in [-0.2, -0.15) is 0 Å². The van der Waals surface area contributed by atoms with Gasteiger partial charge in [-0.3, -0.25) is 14.6 Å². The number of amides is 1. The number of rotatable bonds is 3. The number of carbonyl (C=O) groups is 1. The molecule has 3 nitrogen and oxygen atoms in total. The molecule has 2 aliphatic heterocycles. The van der Waals surface area contributed by atoms with E-state index in [1.165, 1.54) is 30.2 Å². The highest BCUT2D eigenvalue weighted by atomic mass is 32.2. The Morgan fingerprint density at radius 1 is 1.26 bits per heavy atom. The van der Waals surface area contributed by atoms with E-state index in [4.69, 9.17) is 12.2 Å². The number of hydrogen-bond donors (Lipinski definition) is 0. The minimum atomic E-state index is 0.0409. The lowest BCUT2D eigenvalue weighted by molar-refractivity contribution is -0.123. The Morgan fingerprint density at radius 3 is 2.57 bits per heavy atom. The van der Waals surface area contributed by atoms with Gasteiger partial charge in [0.05, 0.1) is 11.6 Å². The molecule has 0 saturated carbocycles. The molecule has 0 N–H and O–H groups in total. The maximum absolute atomic E-state index is 12.6. The molecule has 5 heteroatoms. The summed E-state index contributed by atoms with van der Waals surface area (Å²) in [7, 11) is 0. The van der Waals surface area contributed by atoms with Gasteiger partial charge in [-0.15, -0.1) is 0 Å². The molecule has 2 aliphatic rings. The third-order valence-electron chi connectivity index (χ3n) is 4.47. The highest BCUT2D eigenvalue weighted by molar-refractivity contribution is 8.26. The largest absolute Gasteiger partial charge is 0.286 e. The lowest BCUT2D eigenvalue weighted by atomic mass is 10.00. The standard InChI is InChI=1S/C18H22N2OS2/c1-13-3-5-15(6-4-13)11-16-17(21)20(18(22)23-16)12-19-9-7-14(2)8-10-19/h3-6,11,14H,7-10,12H2,1-2H3/b16-11+. The summed E-state index contributed by atoms with van der Waals surface area (Å²) in [5.74, 6) is 0.832. The van der Waals surface area contributed by atoms with Gasteiger partial charge in [0, 0.05) is 13.1 Å². The van der Waals surface area contributed by atoms with Crippen LogP contribution in [0.1, 0.15) is 30.9 Å². The van der Waals surface area contributed by atoms with Crippen LogP contribution in [-0.4, -0.2) is 39.8 Å². The van der Waals surface area contributed by atoms with Crippen LogP contribution >= 0.6 is 24.0 Å². The predicted octanol–water partition coefficient (Wildman–Crippen LogP) is 3.89. The monoisotopic (exact) mass is 346 g/mol. The molecule has 122 valence electrons. The number of nitrogens with zero attached hydrogens (tertiary/aromatic N) is 2. The molecule has 0 radical (unpaired) electrons. The van der Waals surface area contributed by atoms with Crippen molar-refractivity contribution >= 4 is 40.3 Å². The van der Waals surface area contributed by atoms with Gasteiger partial charge in [-0.25, -0.2) is 0 Å². The SMILES string of the molecule is Cc1ccc(/C=C2/SC(=S)N(CN3CCC(C)CC3)C2=O)cc1. The molecule has 0 aromatic heterocycles. The van der Waals surface area contributed by atoms with E-state index in [0.717, 1.165) is 29.5 Å². The van der Waals surface area contributed by atoms with Crippen molar-refractivity contribution in [2.75, 3.05) is 19.8 Å². The normalized spacial score (nSPS) is 22.3. The topological polar surface area (TPSA) is 23.6 Å². The van der Waals surface area contributed by atoms with Gasteiger partial charge < -0.3 is 0 Å². The van der Waals surface area contributed by atoms with Crippen LogP contribution < -0.4 is 0 Å². The van der Waals surface area contributed by atoms with Gasteiger partial charge >= 0.3 is 0 Å². The summed E-state index contributed by atoms with van der Waals surface area (Å²) in [5, 5.41) is 0. The molecule has 0 unspecified atom stereocenters. The van der Waals surface area contributed by atoms with Crippen molar-refractivity contribution in [2.45, 2.75) is 26.7 Å². The van der Waals surface area contributed by atoms with Gasteiger partial charge in [0.2, 0.25) is 0 Å². The van der Waals surface area contributed by atoms with Crippen molar-refractivity contribution in [3.05, 3.63) is 40.3 Å². The number of hydrogen-bond acceptors (Lipinski definition) is 4. The quantitative estimate of drug-likeness (QED) is 0.612. The van der Waals surface area contributed by atoms with Crippen molar-refractivity contribution in [3.8, 4) is 0 Å². The summed E-state index contributed by atoms with van der Waals surface area (Å²) < 4.78 is 0.673. The Morgan fingerprint density at radius 2 is 1.91 bits per heavy atom. The maximum atomic E-state index is 12.6. The minimum Gasteiger partial charge on any atom is -0.286 e. The average molecular weight is 347 g/mol. The second-order valence-electron chi connectivity index (χ2n) is 6.46. The number of piperidine rings is 1. The molecule has 2 fully saturated rings. The van der Waals surface area contributed by atoms with Gasteiger partial charge in [-0.1, -0.05) is 60.7 Å². The van der Waals surface area contributed by atoms with E-state index < -0.39 is 0 Å². The Kier molecular flexibility index (Phi) is 5.19. The van der Waals surface area contributed by atoms with Crippen molar-refractivity contribution in [1.82, 2.24) is 9.80 Å². The molecule has 0 bridgehead atoms. The molecule has 0 aliphatic carbocycles. The predicted molar refractivity (Wildman–Crippen MR) is 101 cm³/mol. The number of thiocarbonyl (C=S) groups is 1. The number of thioether (sulfide) groups is 1. The second kappa shape index (κ2) is 7.16. The molecule has 1 amide bonds. The third kappa shape index (κ3) is 4.03. The zero-order chi connectivity index (χ0) is 16.4. The first kappa shape index (κ1) is 16.7. The molecular formula is C18H22N2OS2. The average Bonchev–Trinajstić information content (AvgIpc) is 2.79. The van der Waals surface area contributed by atoms with Crippen molar-refractivity contribution in [2.24, 2.45) is 5.92 Å². The molecule has 3 rings (SSSR count). The third-order valence-corrected chi connectivity index (χ3v) is 5.84. The molecule has 0 spiro atoms. The van der Waals surface area contributed by atoms with E-state index in [-0.39, 0.29) is 5.91 Å². The van der Waals surface area contributed by atoms with Crippen LogP contribution in [0.3, 0.4) is 0 Å². The fourth-order valence-electron chi connectivity index (χ4n) is 2.84. The summed E-state index contributed by atoms with van der Waals surface area (Å²) in [5.41, 5.74) is 2.26. The molecule has 1 aromatic carbocycles. The fraction of sp³-hybridized carbons (Fsp3) is 0.444. The number of benzene rings is 1. The lowest BCUT2D eigenvalue weighted by Crippen LogP contribution is -2.43. The Balaban J connectivity index is 1.68. The van der Waals surface area contributed by atoms with Crippen LogP contribution in [0, 0.1) is 12.8 Å². The van der Waals surface area contributed by atoms with E-state index in [1.807, 2.05) is 18.2 Å². The zero-order valence-electron chi connectivity index (χ0n) is 13.6. The van der Waals surface area contributed by atoms with Gasteiger partial charge in [0.25, 0.3) is 5.91 Å². The molecule has 2 heterocycles. The molecule has 0 atom stereocenters. The molecule has 1 aromatic rings. The lowest BCUT2D eigenvalue weighted by Gasteiger charge is -2.32. The van der Waals surface area contributed by atoms with E-state index in [2.05, 4.69) is 30.9 Å². The van der Waals surface area contributed by atoms with Crippen LogP contribution in [0.4, 0.5) is 0 Å². The summed E-state index contributed by atoms with van der Waals surface area (Å²) in [6.45, 7) is 7.08. The minimum absolute atomic E-state index is 0.0409. The van der Waals surface area contributed by atoms with E-state index >= 15 is 0 Å². The first-order valence-corrected chi connectivity index (χ1v) is 9.30. The number of likely N-dealkylation sites (tertiary alicyclic amines) is 1. The van der Waals surface area contributed by atoms with Crippen LogP contribution in [-0.2, 0) is 4.79 Å². The first-order chi connectivity index (χ1) is 11.0. The zero-order valence-corrected chi connectivity index (χ0v) is 15.3. The number of aryl methyl sites for hydroxylation is 1. The summed E-state index contributed by atoms with van der Waals surface area (Å²) in [4.78, 5) is 17.5.